The van der Waals surface area contributed by atoms with E-state index in [-0.39, 0.29) is 36.7 Å². The van der Waals surface area contributed by atoms with E-state index in [1.165, 1.54) is 23.7 Å². The molecule has 1 atom stereocenters. The first kappa shape index (κ1) is 21.8. The summed E-state index contributed by atoms with van der Waals surface area (Å²) in [6.45, 7) is 1.64. The van der Waals surface area contributed by atoms with Gasteiger partial charge in [0, 0.05) is 39.9 Å². The molecule has 1 N–H and O–H groups in total. The zero-order valence-electron chi connectivity index (χ0n) is 16.7. The molecule has 1 aromatic carbocycles. The number of hydrogen-bond acceptors (Lipinski definition) is 4. The Bertz CT molecular complexity index is 1220. The topological polar surface area (TPSA) is 81.3 Å². The smallest absolute Gasteiger partial charge is 0.332 e. The van der Waals surface area contributed by atoms with Gasteiger partial charge in [-0.2, -0.15) is 0 Å². The van der Waals surface area contributed by atoms with Gasteiger partial charge in [-0.05, 0) is 23.8 Å². The maximum atomic E-state index is 13.7. The molecule has 10 heteroatoms. The van der Waals surface area contributed by atoms with Crippen molar-refractivity contribution >= 4 is 29.3 Å². The van der Waals surface area contributed by atoms with Crippen LogP contribution in [0.5, 0.6) is 0 Å². The van der Waals surface area contributed by atoms with E-state index in [1.54, 1.807) is 40.9 Å². The molecule has 1 amide bonds. The van der Waals surface area contributed by atoms with Crippen LogP contribution in [0.3, 0.4) is 0 Å². The van der Waals surface area contributed by atoms with Crippen molar-refractivity contribution in [3.8, 4) is 0 Å². The number of aromatic nitrogens is 3. The summed E-state index contributed by atoms with van der Waals surface area (Å²) in [5.74, 6) is -0.505. The zero-order chi connectivity index (χ0) is 20.7. The molecule has 0 spiro atoms. The van der Waals surface area contributed by atoms with E-state index in [1.807, 2.05) is 0 Å². The normalized spacial score (nSPS) is 16.5. The molecule has 3 heterocycles. The average molecular weight is 436 g/mol. The van der Waals surface area contributed by atoms with Crippen LogP contribution in [0.4, 0.5) is 4.39 Å². The molecular formula is C20H23ClFN5O3. The van der Waals surface area contributed by atoms with Crippen LogP contribution in [0.25, 0.3) is 11.0 Å². The molecule has 1 aliphatic rings. The second-order valence-electron chi connectivity index (χ2n) is 7.25. The largest absolute Gasteiger partial charge is 0.332 e. The van der Waals surface area contributed by atoms with Gasteiger partial charge in [0.2, 0.25) is 5.91 Å². The molecule has 1 aliphatic heterocycles. The predicted octanol–water partition coefficient (Wildman–Crippen LogP) is 0.773. The Labute approximate surface area is 177 Å². The summed E-state index contributed by atoms with van der Waals surface area (Å²) in [5.41, 5.74) is 0.289. The van der Waals surface area contributed by atoms with E-state index in [2.05, 4.69) is 5.32 Å². The number of piperazine rings is 1. The third-order valence-electron chi connectivity index (χ3n) is 5.46. The highest BCUT2D eigenvalue weighted by Gasteiger charge is 2.28. The van der Waals surface area contributed by atoms with Crippen LogP contribution in [0.2, 0.25) is 0 Å². The summed E-state index contributed by atoms with van der Waals surface area (Å²) in [6, 6.07) is 7.58. The van der Waals surface area contributed by atoms with Gasteiger partial charge < -0.3 is 14.8 Å². The van der Waals surface area contributed by atoms with Gasteiger partial charge in [-0.3, -0.25) is 18.7 Å². The molecule has 1 fully saturated rings. The number of benzene rings is 1. The van der Waals surface area contributed by atoms with Crippen molar-refractivity contribution in [2.75, 3.05) is 19.6 Å². The number of nitrogens with one attached hydrogen (secondary N) is 1. The van der Waals surface area contributed by atoms with Crippen molar-refractivity contribution < 1.29 is 9.18 Å². The maximum Gasteiger partial charge on any atom is 0.332 e. The Morgan fingerprint density at radius 2 is 1.97 bits per heavy atom. The number of hydrogen-bond donors (Lipinski definition) is 1. The highest BCUT2D eigenvalue weighted by atomic mass is 35.5. The number of carbonyl (C=O) groups is 1. The van der Waals surface area contributed by atoms with Crippen LogP contribution in [0.1, 0.15) is 11.6 Å². The predicted molar refractivity (Wildman–Crippen MR) is 113 cm³/mol. The van der Waals surface area contributed by atoms with E-state index in [0.717, 1.165) is 10.1 Å². The Kier molecular flexibility index (Phi) is 6.14. The highest BCUT2D eigenvalue weighted by Crippen LogP contribution is 2.23. The standard InChI is InChI=1S/C20H22FN5O3.ClH/c1-23-18-15(19(28)24(2)20(23)29)6-8-25(18)12-17(27)26-9-7-22-11-16(26)13-4-3-5-14(21)10-13;/h3-6,8,10,16,22H,7,9,11-12H2,1-2H3;1H. The Hall–Kier alpha value is -2.91. The molecule has 1 saturated heterocycles. The molecule has 160 valence electrons. The molecule has 0 aliphatic carbocycles. The van der Waals surface area contributed by atoms with Crippen molar-refractivity contribution in [3.05, 3.63) is 68.7 Å². The van der Waals surface area contributed by atoms with Crippen LogP contribution in [-0.2, 0) is 25.4 Å². The lowest BCUT2D eigenvalue weighted by atomic mass is 10.0. The van der Waals surface area contributed by atoms with E-state index < -0.39 is 11.2 Å². The quantitative estimate of drug-likeness (QED) is 0.659. The minimum atomic E-state index is -0.449. The van der Waals surface area contributed by atoms with Gasteiger partial charge >= 0.3 is 5.69 Å². The first-order chi connectivity index (χ1) is 13.9. The Morgan fingerprint density at radius 3 is 2.70 bits per heavy atom. The molecule has 3 aromatic rings. The van der Waals surface area contributed by atoms with Gasteiger partial charge in [-0.1, -0.05) is 12.1 Å². The molecule has 8 nitrogen and oxygen atoms in total. The monoisotopic (exact) mass is 435 g/mol. The summed E-state index contributed by atoms with van der Waals surface area (Å²) < 4.78 is 17.7. The van der Waals surface area contributed by atoms with Gasteiger partial charge in [0.1, 0.15) is 18.0 Å². The molecular weight excluding hydrogens is 413 g/mol. The number of rotatable bonds is 3. The van der Waals surface area contributed by atoms with E-state index in [4.69, 9.17) is 0 Å². The molecule has 2 aromatic heterocycles. The lowest BCUT2D eigenvalue weighted by Crippen LogP contribution is -2.49. The van der Waals surface area contributed by atoms with Crippen LogP contribution < -0.4 is 16.6 Å². The van der Waals surface area contributed by atoms with Crippen molar-refractivity contribution in [1.82, 2.24) is 23.9 Å². The fourth-order valence-electron chi connectivity index (χ4n) is 3.97. The van der Waals surface area contributed by atoms with Crippen molar-refractivity contribution in [1.29, 1.82) is 0 Å². The SMILES string of the molecule is Cl.Cn1c(=O)c2ccn(CC(=O)N3CCNCC3c3cccc(F)c3)c2n(C)c1=O. The molecule has 0 saturated carbocycles. The number of aryl methyl sites for hydroxylation is 1. The van der Waals surface area contributed by atoms with Gasteiger partial charge in [0.25, 0.3) is 5.56 Å². The number of amides is 1. The summed E-state index contributed by atoms with van der Waals surface area (Å²) in [5, 5.41) is 3.62. The second-order valence-corrected chi connectivity index (χ2v) is 7.25. The number of carbonyl (C=O) groups excluding carboxylic acids is 1. The second kappa shape index (κ2) is 8.45. The summed E-state index contributed by atoms with van der Waals surface area (Å²) >= 11 is 0. The van der Waals surface area contributed by atoms with Gasteiger partial charge in [-0.15, -0.1) is 12.4 Å². The van der Waals surface area contributed by atoms with E-state index >= 15 is 0 Å². The van der Waals surface area contributed by atoms with Crippen LogP contribution >= 0.6 is 12.4 Å². The number of halogens is 2. The molecule has 0 radical (unpaired) electrons. The number of fused-ring (bicyclic) bond motifs is 1. The summed E-state index contributed by atoms with van der Waals surface area (Å²) in [7, 11) is 3.00. The molecule has 0 bridgehead atoms. The fraction of sp³-hybridized carbons (Fsp3) is 0.350. The minimum Gasteiger partial charge on any atom is -0.332 e. The molecule has 1 unspecified atom stereocenters. The van der Waals surface area contributed by atoms with Gasteiger partial charge in [-0.25, -0.2) is 9.18 Å². The zero-order valence-corrected chi connectivity index (χ0v) is 17.5. The summed E-state index contributed by atoms with van der Waals surface area (Å²) in [4.78, 5) is 39.5. The average Bonchev–Trinajstić information content (AvgIpc) is 3.14. The van der Waals surface area contributed by atoms with Gasteiger partial charge in [0.15, 0.2) is 0 Å². The Morgan fingerprint density at radius 1 is 1.20 bits per heavy atom. The van der Waals surface area contributed by atoms with Crippen molar-refractivity contribution in [2.45, 2.75) is 12.6 Å². The fourth-order valence-corrected chi connectivity index (χ4v) is 3.97. The van der Waals surface area contributed by atoms with Crippen LogP contribution in [-0.4, -0.2) is 44.1 Å². The van der Waals surface area contributed by atoms with E-state index in [9.17, 15) is 18.8 Å². The first-order valence-electron chi connectivity index (χ1n) is 9.39. The first-order valence-corrected chi connectivity index (χ1v) is 9.39. The van der Waals surface area contributed by atoms with Crippen molar-refractivity contribution in [3.63, 3.8) is 0 Å². The highest BCUT2D eigenvalue weighted by molar-refractivity contribution is 5.85. The third-order valence-corrected chi connectivity index (χ3v) is 5.46. The van der Waals surface area contributed by atoms with Crippen LogP contribution in [0.15, 0.2) is 46.1 Å². The maximum absolute atomic E-state index is 13.7. The van der Waals surface area contributed by atoms with Crippen LogP contribution in [0, 0.1) is 5.82 Å². The Balaban J connectivity index is 0.00000256. The lowest BCUT2D eigenvalue weighted by molar-refractivity contribution is -0.135. The molecule has 4 rings (SSSR count). The molecule has 30 heavy (non-hydrogen) atoms. The van der Waals surface area contributed by atoms with Crippen molar-refractivity contribution in [2.24, 2.45) is 14.1 Å². The van der Waals surface area contributed by atoms with E-state index in [0.29, 0.717) is 30.7 Å². The lowest BCUT2D eigenvalue weighted by Gasteiger charge is -2.36. The minimum absolute atomic E-state index is 0. The van der Waals surface area contributed by atoms with Gasteiger partial charge in [0.05, 0.1) is 11.4 Å². The third kappa shape index (κ3) is 3.66. The summed E-state index contributed by atoms with van der Waals surface area (Å²) in [6.07, 6.45) is 1.64. The number of nitrogens with zero attached hydrogens (tertiary/aromatic N) is 4.